The number of aryl methyl sites for hydroxylation is 2. The molecule has 3 aromatic rings. The van der Waals surface area contributed by atoms with Gasteiger partial charge in [0, 0.05) is 26.1 Å². The number of rotatable bonds is 9. The number of sulfonamides is 1. The van der Waals surface area contributed by atoms with Crippen LogP contribution in [0.5, 0.6) is 0 Å². The van der Waals surface area contributed by atoms with Crippen LogP contribution in [0.4, 0.5) is 0 Å². The number of aromatic nitrogens is 2. The first-order chi connectivity index (χ1) is 13.5. The van der Waals surface area contributed by atoms with Gasteiger partial charge in [0.25, 0.3) is 0 Å². The molecule has 28 heavy (non-hydrogen) atoms. The highest BCUT2D eigenvalue weighted by atomic mass is 32.2. The molecule has 0 atom stereocenters. The lowest BCUT2D eigenvalue weighted by molar-refractivity contribution is -0.120. The van der Waals surface area contributed by atoms with Gasteiger partial charge in [-0.15, -0.1) is 0 Å². The van der Waals surface area contributed by atoms with Gasteiger partial charge in [-0.1, -0.05) is 30.3 Å². The van der Waals surface area contributed by atoms with Crippen LogP contribution < -0.4 is 10.0 Å². The van der Waals surface area contributed by atoms with E-state index in [0.29, 0.717) is 6.54 Å². The van der Waals surface area contributed by atoms with Crippen LogP contribution >= 0.6 is 0 Å². The summed E-state index contributed by atoms with van der Waals surface area (Å²) < 4.78 is 28.8. The summed E-state index contributed by atoms with van der Waals surface area (Å²) in [5, 5.41) is 2.83. The molecule has 0 saturated carbocycles. The highest BCUT2D eigenvalue weighted by Gasteiger charge is 2.13. The number of nitrogens with one attached hydrogen (secondary N) is 2. The van der Waals surface area contributed by atoms with Crippen LogP contribution in [0.2, 0.25) is 0 Å². The number of nitrogens with zero attached hydrogens (tertiary/aromatic N) is 2. The number of carbonyl (C=O) groups excluding carboxylic acids is 1. The van der Waals surface area contributed by atoms with E-state index in [-0.39, 0.29) is 23.8 Å². The number of benzene rings is 2. The van der Waals surface area contributed by atoms with Crippen molar-refractivity contribution in [2.24, 2.45) is 0 Å². The molecule has 7 nitrogen and oxygen atoms in total. The smallest absolute Gasteiger partial charge is 0.240 e. The minimum Gasteiger partial charge on any atom is -0.356 e. The van der Waals surface area contributed by atoms with Gasteiger partial charge in [0.1, 0.15) is 5.82 Å². The Morgan fingerprint density at radius 3 is 2.54 bits per heavy atom. The zero-order chi connectivity index (χ0) is 20.0. The van der Waals surface area contributed by atoms with Crippen molar-refractivity contribution in [2.45, 2.75) is 31.2 Å². The first-order valence-electron chi connectivity index (χ1n) is 9.21. The standard InChI is InChI=1S/C20H24N4O3S/c1-16-23-18-10-5-6-11-19(18)24(16)15-7-13-21-20(25)12-14-22-28(26,27)17-8-3-2-4-9-17/h2-6,8-11,22H,7,12-15H2,1H3,(H,21,25). The molecule has 0 aliphatic rings. The maximum Gasteiger partial charge on any atom is 0.240 e. The van der Waals surface area contributed by atoms with Crippen LogP contribution in [-0.4, -0.2) is 37.0 Å². The third-order valence-electron chi connectivity index (χ3n) is 4.42. The summed E-state index contributed by atoms with van der Waals surface area (Å²) in [5.74, 6) is 0.769. The zero-order valence-electron chi connectivity index (χ0n) is 15.8. The van der Waals surface area contributed by atoms with Crippen molar-refractivity contribution in [3.05, 3.63) is 60.4 Å². The van der Waals surface area contributed by atoms with Crippen molar-refractivity contribution >= 4 is 27.0 Å². The molecule has 0 radical (unpaired) electrons. The quantitative estimate of drug-likeness (QED) is 0.539. The van der Waals surface area contributed by atoms with Gasteiger partial charge in [-0.3, -0.25) is 4.79 Å². The fraction of sp³-hybridized carbons (Fsp3) is 0.300. The van der Waals surface area contributed by atoms with Crippen LogP contribution in [0, 0.1) is 6.92 Å². The Kier molecular flexibility index (Phi) is 6.43. The van der Waals surface area contributed by atoms with Gasteiger partial charge >= 0.3 is 0 Å². The number of para-hydroxylation sites is 2. The predicted octanol–water partition coefficient (Wildman–Crippen LogP) is 2.22. The van der Waals surface area contributed by atoms with E-state index in [2.05, 4.69) is 19.6 Å². The average Bonchev–Trinajstić information content (AvgIpc) is 3.01. The van der Waals surface area contributed by atoms with Gasteiger partial charge < -0.3 is 9.88 Å². The Morgan fingerprint density at radius 2 is 1.75 bits per heavy atom. The number of imidazole rings is 1. The monoisotopic (exact) mass is 400 g/mol. The van der Waals surface area contributed by atoms with E-state index in [1.54, 1.807) is 18.2 Å². The highest BCUT2D eigenvalue weighted by molar-refractivity contribution is 7.89. The molecule has 1 amide bonds. The molecule has 0 fully saturated rings. The van der Waals surface area contributed by atoms with Crippen molar-refractivity contribution in [3.63, 3.8) is 0 Å². The second kappa shape index (κ2) is 8.99. The molecule has 0 unspecified atom stereocenters. The molecule has 148 valence electrons. The lowest BCUT2D eigenvalue weighted by Crippen LogP contribution is -2.31. The first-order valence-corrected chi connectivity index (χ1v) is 10.7. The van der Waals surface area contributed by atoms with E-state index >= 15 is 0 Å². The summed E-state index contributed by atoms with van der Waals surface area (Å²) in [4.78, 5) is 16.7. The third kappa shape index (κ3) is 4.96. The van der Waals surface area contributed by atoms with Gasteiger partial charge in [-0.2, -0.15) is 0 Å². The van der Waals surface area contributed by atoms with Gasteiger partial charge in [0.15, 0.2) is 0 Å². The summed E-state index contributed by atoms with van der Waals surface area (Å²) in [6.07, 6.45) is 0.863. The number of amides is 1. The highest BCUT2D eigenvalue weighted by Crippen LogP contribution is 2.15. The van der Waals surface area contributed by atoms with E-state index in [4.69, 9.17) is 0 Å². The van der Waals surface area contributed by atoms with Gasteiger partial charge in [-0.25, -0.2) is 18.1 Å². The molecule has 0 saturated heterocycles. The molecule has 0 aliphatic heterocycles. The Balaban J connectivity index is 1.40. The predicted molar refractivity (Wildman–Crippen MR) is 108 cm³/mol. The van der Waals surface area contributed by atoms with E-state index in [1.165, 1.54) is 12.1 Å². The molecule has 1 aromatic heterocycles. The van der Waals surface area contributed by atoms with E-state index < -0.39 is 10.0 Å². The zero-order valence-corrected chi connectivity index (χ0v) is 16.6. The molecule has 1 heterocycles. The number of fused-ring (bicyclic) bond motifs is 1. The minimum atomic E-state index is -3.58. The summed E-state index contributed by atoms with van der Waals surface area (Å²) >= 11 is 0. The van der Waals surface area contributed by atoms with Crippen LogP contribution in [0.25, 0.3) is 11.0 Å². The van der Waals surface area contributed by atoms with E-state index in [9.17, 15) is 13.2 Å². The minimum absolute atomic E-state index is 0.0638. The number of hydrogen-bond acceptors (Lipinski definition) is 4. The van der Waals surface area contributed by atoms with Crippen molar-refractivity contribution in [1.82, 2.24) is 19.6 Å². The number of carbonyl (C=O) groups is 1. The SMILES string of the molecule is Cc1nc2ccccc2n1CCCNC(=O)CCNS(=O)(=O)c1ccccc1. The van der Waals surface area contributed by atoms with Crippen molar-refractivity contribution in [2.75, 3.05) is 13.1 Å². The van der Waals surface area contributed by atoms with Crippen LogP contribution in [0.15, 0.2) is 59.5 Å². The molecule has 2 aromatic carbocycles. The molecule has 0 spiro atoms. The van der Waals surface area contributed by atoms with Gasteiger partial charge in [-0.05, 0) is 37.6 Å². The summed E-state index contributed by atoms with van der Waals surface area (Å²) in [7, 11) is -3.58. The van der Waals surface area contributed by atoms with Gasteiger partial charge in [0.2, 0.25) is 15.9 Å². The molecule has 0 aliphatic carbocycles. The van der Waals surface area contributed by atoms with Crippen molar-refractivity contribution in [1.29, 1.82) is 0 Å². The second-order valence-corrected chi connectivity index (χ2v) is 8.23. The molecule has 2 N–H and O–H groups in total. The average molecular weight is 401 g/mol. The molecular weight excluding hydrogens is 376 g/mol. The lowest BCUT2D eigenvalue weighted by Gasteiger charge is -2.09. The molecule has 0 bridgehead atoms. The van der Waals surface area contributed by atoms with E-state index in [1.807, 2.05) is 31.2 Å². The summed E-state index contributed by atoms with van der Waals surface area (Å²) in [5.41, 5.74) is 2.05. The van der Waals surface area contributed by atoms with Crippen LogP contribution in [0.3, 0.4) is 0 Å². The normalized spacial score (nSPS) is 11.6. The Bertz CT molecular complexity index is 1050. The first kappa shape index (κ1) is 20.0. The summed E-state index contributed by atoms with van der Waals surface area (Å²) in [6, 6.07) is 16.1. The fourth-order valence-corrected chi connectivity index (χ4v) is 4.07. The van der Waals surface area contributed by atoms with E-state index in [0.717, 1.165) is 29.8 Å². The lowest BCUT2D eigenvalue weighted by atomic mass is 10.3. The van der Waals surface area contributed by atoms with Gasteiger partial charge in [0.05, 0.1) is 15.9 Å². The fourth-order valence-electron chi connectivity index (χ4n) is 3.01. The maximum absolute atomic E-state index is 12.1. The largest absolute Gasteiger partial charge is 0.356 e. The Hall–Kier alpha value is -2.71. The van der Waals surface area contributed by atoms with Crippen molar-refractivity contribution in [3.8, 4) is 0 Å². The molecular formula is C20H24N4O3S. The van der Waals surface area contributed by atoms with Crippen molar-refractivity contribution < 1.29 is 13.2 Å². The number of hydrogen-bond donors (Lipinski definition) is 2. The Labute approximate surface area is 164 Å². The maximum atomic E-state index is 12.1. The van der Waals surface area contributed by atoms with Crippen LogP contribution in [0.1, 0.15) is 18.7 Å². The Morgan fingerprint density at radius 1 is 1.04 bits per heavy atom. The second-order valence-electron chi connectivity index (χ2n) is 6.46. The topological polar surface area (TPSA) is 93.1 Å². The third-order valence-corrected chi connectivity index (χ3v) is 5.90. The summed E-state index contributed by atoms with van der Waals surface area (Å²) in [6.45, 7) is 3.31. The molecule has 8 heteroatoms. The van der Waals surface area contributed by atoms with Crippen LogP contribution in [-0.2, 0) is 21.4 Å². The molecule has 3 rings (SSSR count).